The number of rotatable bonds is 10. The molecule has 1 saturated heterocycles. The van der Waals surface area contributed by atoms with Crippen molar-refractivity contribution >= 4 is 45.1 Å². The number of pyridine rings is 1. The lowest BCUT2D eigenvalue weighted by Gasteiger charge is -2.32. The Bertz CT molecular complexity index is 1620. The molecule has 12 heteroatoms. The number of aromatic amines is 1. The van der Waals surface area contributed by atoms with Gasteiger partial charge in [0, 0.05) is 60.5 Å². The Labute approximate surface area is 254 Å². The van der Waals surface area contributed by atoms with Crippen molar-refractivity contribution in [2.75, 3.05) is 37.3 Å². The first-order valence-corrected chi connectivity index (χ1v) is 15.4. The summed E-state index contributed by atoms with van der Waals surface area (Å²) in [7, 11) is 2.11. The summed E-state index contributed by atoms with van der Waals surface area (Å²) < 4.78 is 6.24. The van der Waals surface area contributed by atoms with Gasteiger partial charge < -0.3 is 15.0 Å². The Morgan fingerprint density at radius 2 is 2.00 bits per heavy atom. The standard InChI is InChI=1S/C31H36N8O3S/c1-19-20(2)43-31(33-19)35-30(41)21-8-12-24(13-9-21)42-25-14-15-32-28-27(25)29(37-36-28)34-22-6-4-17-39(18-22)26(40)7-5-16-38(3)23-10-11-23/h5,7-9,12-15,22-23H,4,6,10-11,16-18H2,1-3H3,(H,33,35,41)(H2,32,34,36,37)/b7-5+/t22-/m1/s1. The van der Waals surface area contributed by atoms with Crippen molar-refractivity contribution in [1.29, 1.82) is 0 Å². The number of carbonyl (C=O) groups is 2. The van der Waals surface area contributed by atoms with Gasteiger partial charge in [0.15, 0.2) is 16.6 Å². The second-order valence-electron chi connectivity index (χ2n) is 11.2. The molecule has 4 aromatic rings. The van der Waals surface area contributed by atoms with Gasteiger partial charge >= 0.3 is 0 Å². The number of hydrogen-bond acceptors (Lipinski definition) is 9. The van der Waals surface area contributed by atoms with E-state index in [0.29, 0.717) is 46.2 Å². The number of aryl methyl sites for hydroxylation is 2. The second kappa shape index (κ2) is 12.5. The zero-order valence-corrected chi connectivity index (χ0v) is 25.4. The molecule has 6 rings (SSSR count). The minimum absolute atomic E-state index is 0.0438. The highest BCUT2D eigenvalue weighted by Gasteiger charge is 2.26. The highest BCUT2D eigenvalue weighted by Crippen LogP contribution is 2.34. The van der Waals surface area contributed by atoms with Gasteiger partial charge in [-0.05, 0) is 70.8 Å². The van der Waals surface area contributed by atoms with Crippen LogP contribution >= 0.6 is 11.3 Å². The van der Waals surface area contributed by atoms with Crippen molar-refractivity contribution in [2.45, 2.75) is 51.6 Å². The maximum Gasteiger partial charge on any atom is 0.257 e. The summed E-state index contributed by atoms with van der Waals surface area (Å²) in [4.78, 5) is 39.6. The van der Waals surface area contributed by atoms with E-state index >= 15 is 0 Å². The van der Waals surface area contributed by atoms with Crippen LogP contribution in [-0.2, 0) is 4.79 Å². The van der Waals surface area contributed by atoms with Crippen molar-refractivity contribution in [1.82, 2.24) is 30.0 Å². The highest BCUT2D eigenvalue weighted by molar-refractivity contribution is 7.15. The minimum atomic E-state index is -0.228. The fourth-order valence-electron chi connectivity index (χ4n) is 5.19. The minimum Gasteiger partial charge on any atom is -0.456 e. The van der Waals surface area contributed by atoms with Gasteiger partial charge in [-0.1, -0.05) is 6.08 Å². The third-order valence-electron chi connectivity index (χ3n) is 7.91. The first-order chi connectivity index (χ1) is 20.8. The van der Waals surface area contributed by atoms with Crippen molar-refractivity contribution in [2.24, 2.45) is 0 Å². The van der Waals surface area contributed by atoms with Gasteiger partial charge in [-0.2, -0.15) is 5.10 Å². The van der Waals surface area contributed by atoms with Crippen LogP contribution in [0.1, 0.15) is 46.6 Å². The monoisotopic (exact) mass is 600 g/mol. The number of thiazole rings is 1. The number of fused-ring (bicyclic) bond motifs is 1. The summed E-state index contributed by atoms with van der Waals surface area (Å²) in [6.45, 7) is 6.03. The molecule has 0 unspecified atom stereocenters. The maximum absolute atomic E-state index is 12.9. The summed E-state index contributed by atoms with van der Waals surface area (Å²) >= 11 is 1.45. The lowest BCUT2D eigenvalue weighted by Crippen LogP contribution is -2.44. The number of amides is 2. The van der Waals surface area contributed by atoms with Crippen LogP contribution in [0.2, 0.25) is 0 Å². The number of likely N-dealkylation sites (N-methyl/N-ethyl adjacent to an activating group) is 1. The molecular formula is C31H36N8O3S. The third kappa shape index (κ3) is 6.86. The SMILES string of the molecule is Cc1nc(NC(=O)c2ccc(Oc3ccnc4[nH]nc(N[C@@H]5CCCN(C(=O)/C=C/CN(C)C6CC6)C5)c34)cc2)sc1C. The van der Waals surface area contributed by atoms with E-state index in [1.165, 1.54) is 24.2 Å². The number of benzene rings is 1. The van der Waals surface area contributed by atoms with E-state index in [0.717, 1.165) is 41.9 Å². The number of H-pyrrole nitrogens is 1. The predicted octanol–water partition coefficient (Wildman–Crippen LogP) is 5.13. The van der Waals surface area contributed by atoms with Gasteiger partial charge in [0.2, 0.25) is 5.91 Å². The van der Waals surface area contributed by atoms with E-state index in [2.05, 4.69) is 42.7 Å². The lowest BCUT2D eigenvalue weighted by molar-refractivity contribution is -0.127. The molecule has 4 heterocycles. The molecule has 3 N–H and O–H groups in total. The molecule has 1 aliphatic heterocycles. The lowest BCUT2D eigenvalue weighted by atomic mass is 10.1. The zero-order chi connectivity index (χ0) is 29.9. The largest absolute Gasteiger partial charge is 0.456 e. The quantitative estimate of drug-likeness (QED) is 0.214. The highest BCUT2D eigenvalue weighted by atomic mass is 32.1. The van der Waals surface area contributed by atoms with Gasteiger partial charge in [0.05, 0.1) is 5.69 Å². The number of piperidine rings is 1. The summed E-state index contributed by atoms with van der Waals surface area (Å²) in [6, 6.07) is 9.46. The van der Waals surface area contributed by atoms with Gasteiger partial charge in [-0.3, -0.25) is 24.9 Å². The molecule has 11 nitrogen and oxygen atoms in total. The first kappa shape index (κ1) is 28.8. The molecule has 1 saturated carbocycles. The van der Waals surface area contributed by atoms with Crippen LogP contribution in [0.5, 0.6) is 11.5 Å². The number of carbonyl (C=O) groups excluding carboxylic acids is 2. The van der Waals surface area contributed by atoms with E-state index in [9.17, 15) is 9.59 Å². The van der Waals surface area contributed by atoms with Crippen LogP contribution in [0.25, 0.3) is 11.0 Å². The average molecular weight is 601 g/mol. The normalized spacial score (nSPS) is 17.1. The summed E-state index contributed by atoms with van der Waals surface area (Å²) in [6.07, 6.45) is 9.67. The zero-order valence-electron chi connectivity index (χ0n) is 24.6. The molecule has 224 valence electrons. The third-order valence-corrected chi connectivity index (χ3v) is 8.90. The number of likely N-dealkylation sites (tertiary alicyclic amines) is 1. The smallest absolute Gasteiger partial charge is 0.257 e. The Morgan fingerprint density at radius 1 is 1.19 bits per heavy atom. The molecule has 2 aliphatic rings. The maximum atomic E-state index is 12.9. The Morgan fingerprint density at radius 3 is 2.74 bits per heavy atom. The van der Waals surface area contributed by atoms with Crippen LogP contribution in [0.15, 0.2) is 48.7 Å². The Hall–Kier alpha value is -4.29. The van der Waals surface area contributed by atoms with Crippen molar-refractivity contribution in [3.8, 4) is 11.5 Å². The summed E-state index contributed by atoms with van der Waals surface area (Å²) in [5.74, 6) is 1.60. The Kier molecular flexibility index (Phi) is 8.39. The average Bonchev–Trinajstić information content (AvgIpc) is 3.71. The molecule has 1 atom stereocenters. The number of ether oxygens (including phenoxy) is 1. The molecular weight excluding hydrogens is 564 g/mol. The topological polar surface area (TPSA) is 128 Å². The molecule has 2 fully saturated rings. The molecule has 0 radical (unpaired) electrons. The number of nitrogens with one attached hydrogen (secondary N) is 3. The first-order valence-electron chi connectivity index (χ1n) is 14.6. The van der Waals surface area contributed by atoms with Crippen molar-refractivity contribution in [3.05, 3.63) is 64.8 Å². The number of hydrogen-bond donors (Lipinski definition) is 3. The molecule has 1 aromatic carbocycles. The van der Waals surface area contributed by atoms with Crippen LogP contribution in [0.4, 0.5) is 10.9 Å². The second-order valence-corrected chi connectivity index (χ2v) is 12.4. The van der Waals surface area contributed by atoms with Gasteiger partial charge in [-0.25, -0.2) is 9.97 Å². The Balaban J connectivity index is 1.10. The van der Waals surface area contributed by atoms with Crippen LogP contribution in [0.3, 0.4) is 0 Å². The summed E-state index contributed by atoms with van der Waals surface area (Å²) in [5, 5.41) is 15.1. The van der Waals surface area contributed by atoms with E-state index in [-0.39, 0.29) is 17.9 Å². The molecule has 0 spiro atoms. The number of anilines is 2. The molecule has 43 heavy (non-hydrogen) atoms. The van der Waals surface area contributed by atoms with Crippen LogP contribution in [-0.4, -0.2) is 80.5 Å². The van der Waals surface area contributed by atoms with E-state index in [1.54, 1.807) is 42.6 Å². The molecule has 2 amide bonds. The molecule has 0 bridgehead atoms. The van der Waals surface area contributed by atoms with E-state index in [1.807, 2.05) is 24.8 Å². The van der Waals surface area contributed by atoms with E-state index in [4.69, 9.17) is 4.74 Å². The fraction of sp³-hybridized carbons (Fsp3) is 0.387. The molecule has 1 aliphatic carbocycles. The molecule has 3 aromatic heterocycles. The van der Waals surface area contributed by atoms with E-state index < -0.39 is 0 Å². The van der Waals surface area contributed by atoms with Crippen LogP contribution in [0, 0.1) is 13.8 Å². The van der Waals surface area contributed by atoms with Gasteiger partial charge in [0.25, 0.3) is 5.91 Å². The number of nitrogens with zero attached hydrogens (tertiary/aromatic N) is 5. The predicted molar refractivity (Wildman–Crippen MR) is 168 cm³/mol. The number of aromatic nitrogens is 4. The van der Waals surface area contributed by atoms with Gasteiger partial charge in [0.1, 0.15) is 16.9 Å². The van der Waals surface area contributed by atoms with Crippen molar-refractivity contribution < 1.29 is 14.3 Å². The summed E-state index contributed by atoms with van der Waals surface area (Å²) in [5.41, 5.74) is 2.01. The van der Waals surface area contributed by atoms with Gasteiger partial charge in [-0.15, -0.1) is 11.3 Å². The fourth-order valence-corrected chi connectivity index (χ4v) is 6.00. The van der Waals surface area contributed by atoms with Crippen LogP contribution < -0.4 is 15.4 Å². The van der Waals surface area contributed by atoms with Crippen molar-refractivity contribution in [3.63, 3.8) is 0 Å².